The summed E-state index contributed by atoms with van der Waals surface area (Å²) in [6.07, 6.45) is 5.55. The molecule has 0 bridgehead atoms. The summed E-state index contributed by atoms with van der Waals surface area (Å²) >= 11 is 0. The maximum Gasteiger partial charge on any atom is 0.346 e. The van der Waals surface area contributed by atoms with E-state index in [4.69, 9.17) is 0 Å². The Hall–Kier alpha value is -1.40. The Kier molecular flexibility index (Phi) is 8.87. The highest BCUT2D eigenvalue weighted by molar-refractivity contribution is 7.85. The van der Waals surface area contributed by atoms with Gasteiger partial charge in [-0.3, -0.25) is 4.89 Å². The van der Waals surface area contributed by atoms with Crippen molar-refractivity contribution in [1.29, 1.82) is 0 Å². The predicted molar refractivity (Wildman–Crippen MR) is 88.8 cm³/mol. The molecule has 1 aromatic rings. The lowest BCUT2D eigenvalue weighted by molar-refractivity contribution is -0.216. The molecule has 1 rings (SSSR count). The molecule has 0 aromatic heterocycles. The van der Waals surface area contributed by atoms with Crippen LogP contribution in [-0.4, -0.2) is 14.4 Å². The van der Waals surface area contributed by atoms with Gasteiger partial charge in [-0.05, 0) is 18.4 Å². The van der Waals surface area contributed by atoms with Crippen molar-refractivity contribution in [2.75, 3.05) is 0 Å². The number of carbonyl (C=O) groups excluding carboxylic acids is 1. The standard InChI is InChI=1S/C17H26O5S/c1-3-5-6-10-13-16(4-2)17(18)21-22-23(19,20)14-15-11-8-7-9-12-15/h7-9,11-12,16H,3-6,10,13-14H2,1-2H3. The summed E-state index contributed by atoms with van der Waals surface area (Å²) in [4.78, 5) is 16.5. The Morgan fingerprint density at radius 2 is 1.78 bits per heavy atom. The van der Waals surface area contributed by atoms with E-state index in [1.54, 1.807) is 30.3 Å². The Morgan fingerprint density at radius 3 is 2.39 bits per heavy atom. The molecule has 0 aliphatic rings. The van der Waals surface area contributed by atoms with Gasteiger partial charge in [0.05, 0.1) is 5.92 Å². The maximum atomic E-state index is 11.9. The number of rotatable bonds is 11. The van der Waals surface area contributed by atoms with Crippen LogP contribution in [0.3, 0.4) is 0 Å². The van der Waals surface area contributed by atoms with Gasteiger partial charge in [0, 0.05) is 0 Å². The molecule has 0 spiro atoms. The second-order valence-corrected chi connectivity index (χ2v) is 7.15. The molecule has 130 valence electrons. The number of carbonyl (C=O) groups is 1. The third kappa shape index (κ3) is 8.13. The Labute approximate surface area is 139 Å². The largest absolute Gasteiger partial charge is 0.346 e. The van der Waals surface area contributed by atoms with Crippen LogP contribution in [0.2, 0.25) is 0 Å². The molecule has 0 fully saturated rings. The molecule has 0 radical (unpaired) electrons. The van der Waals surface area contributed by atoms with Crippen LogP contribution in [0.4, 0.5) is 0 Å². The van der Waals surface area contributed by atoms with Gasteiger partial charge in [-0.15, -0.1) is 0 Å². The minimum Gasteiger partial charge on any atom is -0.281 e. The first-order valence-electron chi connectivity index (χ1n) is 8.15. The molecule has 0 aliphatic carbocycles. The van der Waals surface area contributed by atoms with E-state index in [1.165, 1.54) is 0 Å². The summed E-state index contributed by atoms with van der Waals surface area (Å²) in [6, 6.07) is 8.61. The highest BCUT2D eigenvalue weighted by Crippen LogP contribution is 2.17. The number of hydrogen-bond acceptors (Lipinski definition) is 5. The van der Waals surface area contributed by atoms with Gasteiger partial charge in [0.25, 0.3) is 0 Å². The molecule has 1 atom stereocenters. The summed E-state index contributed by atoms with van der Waals surface area (Å²) in [5, 5.41) is 0. The first kappa shape index (κ1) is 19.6. The SMILES string of the molecule is CCCCCCC(CC)C(=O)OOS(=O)(=O)Cc1ccccc1. The quantitative estimate of drug-likeness (QED) is 0.345. The zero-order chi connectivity index (χ0) is 17.1. The second kappa shape index (κ2) is 10.4. The highest BCUT2D eigenvalue weighted by atomic mass is 32.2. The van der Waals surface area contributed by atoms with Crippen LogP contribution in [0.1, 0.15) is 57.9 Å². The monoisotopic (exact) mass is 342 g/mol. The van der Waals surface area contributed by atoms with E-state index in [9.17, 15) is 13.2 Å². The van der Waals surface area contributed by atoms with E-state index in [1.807, 2.05) is 6.92 Å². The van der Waals surface area contributed by atoms with Gasteiger partial charge in [0.2, 0.25) is 0 Å². The normalized spacial score (nSPS) is 12.8. The Morgan fingerprint density at radius 1 is 1.09 bits per heavy atom. The Balaban J connectivity index is 2.43. The third-order valence-electron chi connectivity index (χ3n) is 3.64. The van der Waals surface area contributed by atoms with Crippen molar-refractivity contribution in [2.24, 2.45) is 5.92 Å². The number of unbranched alkanes of at least 4 members (excludes halogenated alkanes) is 3. The average Bonchev–Trinajstić information content (AvgIpc) is 2.53. The van der Waals surface area contributed by atoms with Crippen LogP contribution in [0.25, 0.3) is 0 Å². The molecule has 0 saturated carbocycles. The lowest BCUT2D eigenvalue weighted by Crippen LogP contribution is -2.20. The van der Waals surface area contributed by atoms with Crippen molar-refractivity contribution in [3.05, 3.63) is 35.9 Å². The van der Waals surface area contributed by atoms with Crippen LogP contribution < -0.4 is 0 Å². The van der Waals surface area contributed by atoms with Crippen LogP contribution in [0.15, 0.2) is 30.3 Å². The summed E-state index contributed by atoms with van der Waals surface area (Å²) in [5.41, 5.74) is 0.579. The minimum absolute atomic E-state index is 0.321. The maximum absolute atomic E-state index is 11.9. The lowest BCUT2D eigenvalue weighted by Gasteiger charge is -2.12. The molecule has 1 unspecified atom stereocenters. The molecule has 1 aromatic carbocycles. The topological polar surface area (TPSA) is 69.7 Å². The van der Waals surface area contributed by atoms with Gasteiger partial charge in [-0.1, -0.05) is 74.2 Å². The van der Waals surface area contributed by atoms with Crippen LogP contribution in [-0.2, 0) is 29.9 Å². The van der Waals surface area contributed by atoms with Gasteiger partial charge in [-0.25, -0.2) is 4.79 Å². The van der Waals surface area contributed by atoms with E-state index >= 15 is 0 Å². The first-order valence-corrected chi connectivity index (χ1v) is 9.72. The highest BCUT2D eigenvalue weighted by Gasteiger charge is 2.22. The van der Waals surface area contributed by atoms with Crippen molar-refractivity contribution in [1.82, 2.24) is 0 Å². The fraction of sp³-hybridized carbons (Fsp3) is 0.588. The molecule has 23 heavy (non-hydrogen) atoms. The average molecular weight is 342 g/mol. The molecule has 0 saturated heterocycles. The van der Waals surface area contributed by atoms with Gasteiger partial charge < -0.3 is 0 Å². The molecular formula is C17H26O5S. The van der Waals surface area contributed by atoms with Crippen molar-refractivity contribution in [3.63, 3.8) is 0 Å². The predicted octanol–water partition coefficient (Wildman–Crippen LogP) is 3.99. The van der Waals surface area contributed by atoms with E-state index in [2.05, 4.69) is 16.1 Å². The van der Waals surface area contributed by atoms with E-state index in [0.717, 1.165) is 25.7 Å². The van der Waals surface area contributed by atoms with Crippen LogP contribution in [0, 0.1) is 5.92 Å². The summed E-state index contributed by atoms with van der Waals surface area (Å²) in [5.74, 6) is -1.26. The third-order valence-corrected chi connectivity index (χ3v) is 4.60. The fourth-order valence-electron chi connectivity index (χ4n) is 2.26. The fourth-order valence-corrected chi connectivity index (χ4v) is 3.08. The van der Waals surface area contributed by atoms with E-state index < -0.39 is 16.1 Å². The zero-order valence-corrected chi connectivity index (χ0v) is 14.7. The summed E-state index contributed by atoms with van der Waals surface area (Å²) in [6.45, 7) is 4.00. The van der Waals surface area contributed by atoms with E-state index in [0.29, 0.717) is 18.4 Å². The smallest absolute Gasteiger partial charge is 0.281 e. The molecule has 0 heterocycles. The summed E-state index contributed by atoms with van der Waals surface area (Å²) in [7, 11) is -3.94. The van der Waals surface area contributed by atoms with Crippen LogP contribution >= 0.6 is 0 Å². The van der Waals surface area contributed by atoms with Gasteiger partial charge in [0.15, 0.2) is 0 Å². The van der Waals surface area contributed by atoms with Gasteiger partial charge >= 0.3 is 16.1 Å². The molecular weight excluding hydrogens is 316 g/mol. The molecule has 0 N–H and O–H groups in total. The van der Waals surface area contributed by atoms with Crippen molar-refractivity contribution < 1.29 is 22.4 Å². The van der Waals surface area contributed by atoms with E-state index in [-0.39, 0.29) is 11.7 Å². The zero-order valence-electron chi connectivity index (χ0n) is 13.9. The van der Waals surface area contributed by atoms with Crippen molar-refractivity contribution in [3.8, 4) is 0 Å². The molecule has 0 amide bonds. The van der Waals surface area contributed by atoms with Gasteiger partial charge in [-0.2, -0.15) is 8.42 Å². The van der Waals surface area contributed by atoms with Crippen LogP contribution in [0.5, 0.6) is 0 Å². The minimum atomic E-state index is -3.94. The molecule has 5 nitrogen and oxygen atoms in total. The van der Waals surface area contributed by atoms with Crippen molar-refractivity contribution in [2.45, 2.75) is 58.1 Å². The first-order chi connectivity index (χ1) is 11.0. The second-order valence-electron chi connectivity index (χ2n) is 5.61. The van der Waals surface area contributed by atoms with Crippen molar-refractivity contribution >= 4 is 16.1 Å². The Bertz CT molecular complexity index is 554. The lowest BCUT2D eigenvalue weighted by atomic mass is 9.98. The molecule has 6 heteroatoms. The van der Waals surface area contributed by atoms with Gasteiger partial charge in [0.1, 0.15) is 5.75 Å². The summed E-state index contributed by atoms with van der Waals surface area (Å²) < 4.78 is 28.1. The number of benzene rings is 1. The molecule has 0 aliphatic heterocycles. The number of hydrogen-bond donors (Lipinski definition) is 0.